The summed E-state index contributed by atoms with van der Waals surface area (Å²) in [7, 11) is -3.55. The highest BCUT2D eigenvalue weighted by Gasteiger charge is 2.39. The molecular weight excluding hydrogens is 336 g/mol. The Morgan fingerprint density at radius 3 is 2.72 bits per heavy atom. The molecule has 1 N–H and O–H groups in total. The number of rotatable bonds is 5. The molecule has 25 heavy (non-hydrogen) atoms. The standard InChI is InChI=1S/C19H26N2O3S/c1-13-4-7-17(21-8-2-3-19(21)22)11-18(13)25(23,24)20-12-16-10-14-5-6-15(16)9-14/h4,7,11,14-16,20H,2-3,5-6,8-10,12H2,1H3/t14-,15-,16+/m1/s1. The number of nitrogens with one attached hydrogen (secondary N) is 1. The molecule has 3 aliphatic rings. The van der Waals surface area contributed by atoms with Crippen LogP contribution in [0.1, 0.15) is 44.1 Å². The van der Waals surface area contributed by atoms with Crippen LogP contribution in [0.2, 0.25) is 0 Å². The van der Waals surface area contributed by atoms with Gasteiger partial charge in [-0.2, -0.15) is 0 Å². The summed E-state index contributed by atoms with van der Waals surface area (Å²) in [5, 5.41) is 0. The largest absolute Gasteiger partial charge is 0.312 e. The molecule has 2 bridgehead atoms. The van der Waals surface area contributed by atoms with Gasteiger partial charge in [0.15, 0.2) is 0 Å². The third-order valence-electron chi connectivity index (χ3n) is 6.27. The number of anilines is 1. The molecule has 1 aromatic rings. The quantitative estimate of drug-likeness (QED) is 0.876. The molecular formula is C19H26N2O3S. The highest BCUT2D eigenvalue weighted by atomic mass is 32.2. The summed E-state index contributed by atoms with van der Waals surface area (Å²) in [4.78, 5) is 13.9. The highest BCUT2D eigenvalue weighted by Crippen LogP contribution is 2.48. The molecule has 5 nitrogen and oxygen atoms in total. The number of benzene rings is 1. The average molecular weight is 362 g/mol. The number of amides is 1. The second kappa shape index (κ2) is 6.40. The van der Waals surface area contributed by atoms with Crippen LogP contribution >= 0.6 is 0 Å². The Hall–Kier alpha value is -1.40. The maximum atomic E-state index is 12.9. The summed E-state index contributed by atoms with van der Waals surface area (Å²) >= 11 is 0. The van der Waals surface area contributed by atoms with Gasteiger partial charge in [-0.05, 0) is 68.1 Å². The summed E-state index contributed by atoms with van der Waals surface area (Å²) in [6, 6.07) is 5.29. The van der Waals surface area contributed by atoms with Crippen molar-refractivity contribution in [3.05, 3.63) is 23.8 Å². The summed E-state index contributed by atoms with van der Waals surface area (Å²) in [6.07, 6.45) is 6.38. The van der Waals surface area contributed by atoms with E-state index < -0.39 is 10.0 Å². The summed E-state index contributed by atoms with van der Waals surface area (Å²) in [6.45, 7) is 3.01. The molecule has 1 aromatic carbocycles. The molecule has 0 radical (unpaired) electrons. The normalized spacial score (nSPS) is 28.9. The van der Waals surface area contributed by atoms with Crippen LogP contribution in [0.25, 0.3) is 0 Å². The van der Waals surface area contributed by atoms with Gasteiger partial charge in [0.05, 0.1) is 4.90 Å². The van der Waals surface area contributed by atoms with Gasteiger partial charge >= 0.3 is 0 Å². The van der Waals surface area contributed by atoms with Crippen molar-refractivity contribution in [2.45, 2.75) is 50.3 Å². The Bertz CT molecular complexity index is 790. The maximum Gasteiger partial charge on any atom is 0.240 e. The topological polar surface area (TPSA) is 66.5 Å². The number of hydrogen-bond acceptors (Lipinski definition) is 3. The Balaban J connectivity index is 1.52. The van der Waals surface area contributed by atoms with Gasteiger partial charge in [-0.1, -0.05) is 12.5 Å². The van der Waals surface area contributed by atoms with Gasteiger partial charge in [-0.25, -0.2) is 13.1 Å². The molecule has 0 spiro atoms. The SMILES string of the molecule is Cc1ccc(N2CCCC2=O)cc1S(=O)(=O)NC[C@@H]1C[C@@H]2CC[C@@H]1C2. The molecule has 6 heteroatoms. The fraction of sp³-hybridized carbons (Fsp3) is 0.632. The zero-order valence-corrected chi connectivity index (χ0v) is 15.5. The molecule has 4 rings (SSSR count). The zero-order chi connectivity index (χ0) is 17.6. The maximum absolute atomic E-state index is 12.9. The van der Waals surface area contributed by atoms with E-state index in [4.69, 9.17) is 0 Å². The van der Waals surface area contributed by atoms with E-state index in [0.29, 0.717) is 41.9 Å². The van der Waals surface area contributed by atoms with E-state index in [1.165, 1.54) is 19.3 Å². The lowest BCUT2D eigenvalue weighted by molar-refractivity contribution is -0.117. The number of fused-ring (bicyclic) bond motifs is 2. The number of carbonyl (C=O) groups excluding carboxylic acids is 1. The summed E-state index contributed by atoms with van der Waals surface area (Å²) in [5.74, 6) is 2.06. The molecule has 136 valence electrons. The Morgan fingerprint density at radius 2 is 2.08 bits per heavy atom. The van der Waals surface area contributed by atoms with Crippen LogP contribution < -0.4 is 9.62 Å². The van der Waals surface area contributed by atoms with E-state index >= 15 is 0 Å². The first-order chi connectivity index (χ1) is 11.9. The third-order valence-corrected chi connectivity index (χ3v) is 7.83. The minimum atomic E-state index is -3.55. The van der Waals surface area contributed by atoms with E-state index in [2.05, 4.69) is 4.72 Å². The molecule has 1 saturated heterocycles. The minimum absolute atomic E-state index is 0.0714. The average Bonchev–Trinajstić information content (AvgIpc) is 3.30. The lowest BCUT2D eigenvalue weighted by atomic mass is 9.89. The van der Waals surface area contributed by atoms with Crippen LogP contribution in [0, 0.1) is 24.7 Å². The van der Waals surface area contributed by atoms with Crippen molar-refractivity contribution in [2.75, 3.05) is 18.0 Å². The number of nitrogens with zero attached hydrogens (tertiary/aromatic N) is 1. The van der Waals surface area contributed by atoms with Crippen molar-refractivity contribution >= 4 is 21.6 Å². The predicted molar refractivity (Wildman–Crippen MR) is 96.9 cm³/mol. The first kappa shape index (κ1) is 17.0. The van der Waals surface area contributed by atoms with Gasteiger partial charge < -0.3 is 4.90 Å². The van der Waals surface area contributed by atoms with E-state index in [1.54, 1.807) is 17.0 Å². The van der Waals surface area contributed by atoms with Gasteiger partial charge in [0.1, 0.15) is 0 Å². The first-order valence-corrected chi connectivity index (χ1v) is 10.8. The zero-order valence-electron chi connectivity index (χ0n) is 14.7. The van der Waals surface area contributed by atoms with Crippen LogP contribution in [-0.4, -0.2) is 27.4 Å². The van der Waals surface area contributed by atoms with Crippen molar-refractivity contribution in [3.8, 4) is 0 Å². The van der Waals surface area contributed by atoms with Crippen LogP contribution in [0.4, 0.5) is 5.69 Å². The van der Waals surface area contributed by atoms with E-state index in [-0.39, 0.29) is 5.91 Å². The molecule has 1 amide bonds. The Kier molecular flexibility index (Phi) is 4.36. The number of aryl methyl sites for hydroxylation is 1. The number of hydrogen-bond donors (Lipinski definition) is 1. The first-order valence-electron chi connectivity index (χ1n) is 9.35. The van der Waals surface area contributed by atoms with Crippen LogP contribution in [-0.2, 0) is 14.8 Å². The van der Waals surface area contributed by atoms with Crippen molar-refractivity contribution in [2.24, 2.45) is 17.8 Å². The predicted octanol–water partition coefficient (Wildman–Crippen LogP) is 2.84. The minimum Gasteiger partial charge on any atom is -0.312 e. The monoisotopic (exact) mass is 362 g/mol. The molecule has 1 aliphatic heterocycles. The Labute approximate surface area is 149 Å². The van der Waals surface area contributed by atoms with Crippen molar-refractivity contribution in [1.82, 2.24) is 4.72 Å². The van der Waals surface area contributed by atoms with Crippen molar-refractivity contribution in [3.63, 3.8) is 0 Å². The van der Waals surface area contributed by atoms with Gasteiger partial charge in [0.25, 0.3) is 0 Å². The van der Waals surface area contributed by atoms with E-state index in [0.717, 1.165) is 24.3 Å². The molecule has 0 unspecified atom stereocenters. The van der Waals surface area contributed by atoms with Gasteiger partial charge in [0, 0.05) is 25.2 Å². The van der Waals surface area contributed by atoms with E-state index in [9.17, 15) is 13.2 Å². The van der Waals surface area contributed by atoms with E-state index in [1.807, 2.05) is 13.0 Å². The number of sulfonamides is 1. The smallest absolute Gasteiger partial charge is 0.240 e. The Morgan fingerprint density at radius 1 is 1.24 bits per heavy atom. The molecule has 1 heterocycles. The summed E-state index contributed by atoms with van der Waals surface area (Å²) < 4.78 is 28.5. The second-order valence-electron chi connectivity index (χ2n) is 7.89. The van der Waals surface area contributed by atoms with Crippen molar-refractivity contribution < 1.29 is 13.2 Å². The van der Waals surface area contributed by atoms with Crippen LogP contribution in [0.15, 0.2) is 23.1 Å². The van der Waals surface area contributed by atoms with Crippen LogP contribution in [0.3, 0.4) is 0 Å². The van der Waals surface area contributed by atoms with Crippen LogP contribution in [0.5, 0.6) is 0 Å². The molecule has 2 aliphatic carbocycles. The molecule has 0 aromatic heterocycles. The summed E-state index contributed by atoms with van der Waals surface area (Å²) in [5.41, 5.74) is 1.41. The fourth-order valence-electron chi connectivity index (χ4n) is 4.89. The fourth-order valence-corrected chi connectivity index (χ4v) is 6.25. The number of carbonyl (C=O) groups is 1. The van der Waals surface area contributed by atoms with Gasteiger partial charge in [-0.3, -0.25) is 4.79 Å². The highest BCUT2D eigenvalue weighted by molar-refractivity contribution is 7.89. The van der Waals surface area contributed by atoms with Gasteiger partial charge in [-0.15, -0.1) is 0 Å². The molecule has 2 saturated carbocycles. The second-order valence-corrected chi connectivity index (χ2v) is 9.62. The lowest BCUT2D eigenvalue weighted by Gasteiger charge is -2.22. The van der Waals surface area contributed by atoms with Crippen molar-refractivity contribution in [1.29, 1.82) is 0 Å². The molecule has 3 atom stereocenters. The lowest BCUT2D eigenvalue weighted by Crippen LogP contribution is -2.32. The third kappa shape index (κ3) is 3.22. The van der Waals surface area contributed by atoms with Gasteiger partial charge in [0.2, 0.25) is 15.9 Å². The molecule has 3 fully saturated rings.